The van der Waals surface area contributed by atoms with Gasteiger partial charge in [-0.05, 0) is 37.2 Å². The predicted molar refractivity (Wildman–Crippen MR) is 88.1 cm³/mol. The number of hydrogen-bond donors (Lipinski definition) is 1. The van der Waals surface area contributed by atoms with E-state index in [1.54, 1.807) is 0 Å². The van der Waals surface area contributed by atoms with Crippen molar-refractivity contribution in [1.29, 1.82) is 0 Å². The van der Waals surface area contributed by atoms with E-state index >= 15 is 0 Å². The normalized spacial score (nSPS) is 20.9. The van der Waals surface area contributed by atoms with E-state index in [-0.39, 0.29) is 17.8 Å². The molecule has 3 rings (SSSR count). The fraction of sp³-hybridized carbons (Fsp3) is 0.312. The maximum Gasteiger partial charge on any atom is 0.433 e. The van der Waals surface area contributed by atoms with Crippen LogP contribution in [0.25, 0.3) is 0 Å². The van der Waals surface area contributed by atoms with Crippen LogP contribution in [0.1, 0.15) is 28.6 Å². The molecule has 1 aromatic carbocycles. The molecule has 0 spiro atoms. The Morgan fingerprint density at radius 2 is 2.04 bits per heavy atom. The van der Waals surface area contributed by atoms with Gasteiger partial charge in [0.25, 0.3) is 5.91 Å². The summed E-state index contributed by atoms with van der Waals surface area (Å²) in [5.41, 5.74) is 1.05. The quantitative estimate of drug-likeness (QED) is 0.677. The molecule has 24 heavy (non-hydrogen) atoms. The zero-order valence-electron chi connectivity index (χ0n) is 12.9. The number of carbonyl (C=O) groups is 1. The Morgan fingerprint density at radius 1 is 1.33 bits per heavy atom. The lowest BCUT2D eigenvalue weighted by molar-refractivity contribution is -0.402. The Labute approximate surface area is 143 Å². The first-order valence-corrected chi connectivity index (χ1v) is 7.84. The third-order valence-electron chi connectivity index (χ3n) is 4.17. The van der Waals surface area contributed by atoms with Crippen molar-refractivity contribution in [2.24, 2.45) is 0 Å². The van der Waals surface area contributed by atoms with E-state index in [9.17, 15) is 14.9 Å². The van der Waals surface area contributed by atoms with Crippen LogP contribution in [0.4, 0.5) is 5.88 Å². The summed E-state index contributed by atoms with van der Waals surface area (Å²) in [7, 11) is 1.99. The van der Waals surface area contributed by atoms with Crippen LogP contribution in [0.2, 0.25) is 5.02 Å². The molecule has 0 radical (unpaired) electrons. The molecule has 2 aromatic rings. The number of carbonyl (C=O) groups excluding carboxylic acids is 1. The van der Waals surface area contributed by atoms with Crippen molar-refractivity contribution in [3.05, 3.63) is 62.9 Å². The van der Waals surface area contributed by atoms with Crippen LogP contribution in [-0.2, 0) is 0 Å². The van der Waals surface area contributed by atoms with Crippen molar-refractivity contribution < 1.29 is 14.1 Å². The lowest BCUT2D eigenvalue weighted by Crippen LogP contribution is -2.38. The van der Waals surface area contributed by atoms with Gasteiger partial charge in [-0.25, -0.2) is 0 Å². The molecular formula is C16H16ClN3O4. The lowest BCUT2D eigenvalue weighted by Gasteiger charge is -2.26. The summed E-state index contributed by atoms with van der Waals surface area (Å²) in [6, 6.07) is 9.88. The average Bonchev–Trinajstić information content (AvgIpc) is 3.16. The second kappa shape index (κ2) is 6.62. The molecule has 1 fully saturated rings. The molecule has 1 aliphatic rings. The third kappa shape index (κ3) is 3.27. The summed E-state index contributed by atoms with van der Waals surface area (Å²) >= 11 is 5.93. The molecule has 8 heteroatoms. The molecule has 126 valence electrons. The van der Waals surface area contributed by atoms with Crippen LogP contribution in [0.3, 0.4) is 0 Å². The molecule has 0 aliphatic carbocycles. The maximum atomic E-state index is 12.3. The van der Waals surface area contributed by atoms with Gasteiger partial charge >= 0.3 is 5.88 Å². The minimum absolute atomic E-state index is 0.0103. The Morgan fingerprint density at radius 3 is 2.67 bits per heavy atom. The maximum absolute atomic E-state index is 12.3. The molecule has 2 heterocycles. The largest absolute Gasteiger partial charge is 0.433 e. The molecule has 1 aliphatic heterocycles. The minimum atomic E-state index is -0.670. The van der Waals surface area contributed by atoms with Crippen LogP contribution < -0.4 is 5.32 Å². The summed E-state index contributed by atoms with van der Waals surface area (Å²) in [5.74, 6) is -0.966. The number of benzene rings is 1. The number of likely N-dealkylation sites (tertiary alicyclic amines) is 1. The standard InChI is InChI=1S/C16H16ClN3O4/c1-19-9-8-12(15(19)10-2-4-11(17)5-3-10)18-16(21)13-6-7-14(24-13)20(22)23/h2-7,12,15H,8-9H2,1H3,(H,18,21)/t12-,15-/m0/s1. The van der Waals surface area contributed by atoms with Gasteiger partial charge in [0.2, 0.25) is 0 Å². The topological polar surface area (TPSA) is 88.6 Å². The second-order valence-corrected chi connectivity index (χ2v) is 6.18. The number of furan rings is 1. The number of amides is 1. The van der Waals surface area contributed by atoms with Crippen molar-refractivity contribution in [1.82, 2.24) is 10.2 Å². The van der Waals surface area contributed by atoms with E-state index in [0.29, 0.717) is 5.02 Å². The molecule has 2 atom stereocenters. The number of nitro groups is 1. The van der Waals surface area contributed by atoms with E-state index in [2.05, 4.69) is 10.2 Å². The first kappa shape index (κ1) is 16.5. The monoisotopic (exact) mass is 349 g/mol. The van der Waals surface area contributed by atoms with E-state index in [4.69, 9.17) is 16.0 Å². The van der Waals surface area contributed by atoms with Crippen molar-refractivity contribution in [3.8, 4) is 0 Å². The van der Waals surface area contributed by atoms with Gasteiger partial charge < -0.3 is 9.73 Å². The number of nitrogens with zero attached hydrogens (tertiary/aromatic N) is 2. The highest BCUT2D eigenvalue weighted by atomic mass is 35.5. The Bertz CT molecular complexity index is 759. The summed E-state index contributed by atoms with van der Waals surface area (Å²) in [6.45, 7) is 0.830. The third-order valence-corrected chi connectivity index (χ3v) is 4.42. The molecule has 1 aromatic heterocycles. The fourth-order valence-electron chi connectivity index (χ4n) is 3.03. The predicted octanol–water partition coefficient (Wildman–Crippen LogP) is 3.02. The highest BCUT2D eigenvalue weighted by Crippen LogP contribution is 2.32. The van der Waals surface area contributed by atoms with Gasteiger partial charge in [0.05, 0.1) is 18.2 Å². The summed E-state index contributed by atoms with van der Waals surface area (Å²) in [4.78, 5) is 24.4. The minimum Gasteiger partial charge on any atom is -0.395 e. The first-order valence-electron chi connectivity index (χ1n) is 7.46. The molecule has 1 saturated heterocycles. The smallest absolute Gasteiger partial charge is 0.395 e. The van der Waals surface area contributed by atoms with Gasteiger partial charge in [-0.3, -0.25) is 19.8 Å². The zero-order valence-corrected chi connectivity index (χ0v) is 13.7. The van der Waals surface area contributed by atoms with E-state index in [1.807, 2.05) is 31.3 Å². The van der Waals surface area contributed by atoms with E-state index in [0.717, 1.165) is 18.5 Å². The van der Waals surface area contributed by atoms with Gasteiger partial charge in [-0.15, -0.1) is 0 Å². The highest BCUT2D eigenvalue weighted by Gasteiger charge is 2.34. The average molecular weight is 350 g/mol. The molecule has 0 saturated carbocycles. The molecular weight excluding hydrogens is 334 g/mol. The number of likely N-dealkylation sites (N-methyl/N-ethyl adjacent to an activating group) is 1. The Balaban J connectivity index is 1.76. The number of rotatable bonds is 4. The van der Waals surface area contributed by atoms with E-state index < -0.39 is 16.7 Å². The first-order chi connectivity index (χ1) is 11.5. The van der Waals surface area contributed by atoms with E-state index in [1.165, 1.54) is 12.1 Å². The van der Waals surface area contributed by atoms with Crippen molar-refractivity contribution in [3.63, 3.8) is 0 Å². The number of nitrogens with one attached hydrogen (secondary N) is 1. The second-order valence-electron chi connectivity index (χ2n) is 5.74. The van der Waals surface area contributed by atoms with Gasteiger partial charge in [-0.2, -0.15) is 0 Å². The number of hydrogen-bond acceptors (Lipinski definition) is 5. The molecule has 7 nitrogen and oxygen atoms in total. The number of halogens is 1. The van der Waals surface area contributed by atoms with Crippen molar-refractivity contribution in [2.75, 3.05) is 13.6 Å². The Hall–Kier alpha value is -2.38. The fourth-order valence-corrected chi connectivity index (χ4v) is 3.16. The van der Waals surface area contributed by atoms with Crippen LogP contribution in [-0.4, -0.2) is 35.4 Å². The lowest BCUT2D eigenvalue weighted by atomic mass is 10.00. The van der Waals surface area contributed by atoms with Gasteiger partial charge in [0.1, 0.15) is 4.92 Å². The van der Waals surface area contributed by atoms with Crippen molar-refractivity contribution >= 4 is 23.4 Å². The van der Waals surface area contributed by atoms with Crippen molar-refractivity contribution in [2.45, 2.75) is 18.5 Å². The summed E-state index contributed by atoms with van der Waals surface area (Å²) in [6.07, 6.45) is 0.776. The summed E-state index contributed by atoms with van der Waals surface area (Å²) < 4.78 is 4.96. The molecule has 0 unspecified atom stereocenters. The summed E-state index contributed by atoms with van der Waals surface area (Å²) in [5, 5.41) is 14.2. The molecule has 0 bridgehead atoms. The molecule has 1 amide bonds. The van der Waals surface area contributed by atoms with Crippen LogP contribution in [0, 0.1) is 10.1 Å². The van der Waals surface area contributed by atoms with Crippen LogP contribution >= 0.6 is 11.6 Å². The molecule has 1 N–H and O–H groups in total. The Kier molecular flexibility index (Phi) is 4.55. The zero-order chi connectivity index (χ0) is 17.3. The SMILES string of the molecule is CN1CC[C@H](NC(=O)c2ccc([N+](=O)[O-])o2)[C@@H]1c1ccc(Cl)cc1. The van der Waals surface area contributed by atoms with Gasteiger partial charge in [-0.1, -0.05) is 23.7 Å². The van der Waals surface area contributed by atoms with Crippen LogP contribution in [0.5, 0.6) is 0 Å². The van der Waals surface area contributed by atoms with Gasteiger partial charge in [0.15, 0.2) is 5.76 Å². The highest BCUT2D eigenvalue weighted by molar-refractivity contribution is 6.30. The van der Waals surface area contributed by atoms with Gasteiger partial charge in [0, 0.05) is 11.6 Å². The van der Waals surface area contributed by atoms with Crippen LogP contribution in [0.15, 0.2) is 40.8 Å².